The summed E-state index contributed by atoms with van der Waals surface area (Å²) in [6.45, 7) is 5.86. The molecule has 0 aliphatic carbocycles. The number of aliphatic hydroxyl groups is 2. The van der Waals surface area contributed by atoms with Crippen molar-refractivity contribution in [2.45, 2.75) is 32.6 Å². The van der Waals surface area contributed by atoms with E-state index >= 15 is 0 Å². The van der Waals surface area contributed by atoms with E-state index in [1.54, 1.807) is 11.3 Å². The molecule has 0 unspecified atom stereocenters. The molecule has 108 valence electrons. The van der Waals surface area contributed by atoms with Gasteiger partial charge < -0.3 is 10.2 Å². The Morgan fingerprint density at radius 2 is 1.75 bits per heavy atom. The van der Waals surface area contributed by atoms with E-state index in [1.165, 1.54) is 4.88 Å². The molecule has 1 aromatic heterocycles. The Balaban J connectivity index is 2.42. The Morgan fingerprint density at radius 1 is 1.10 bits per heavy atom. The average Bonchev–Trinajstić information content (AvgIpc) is 2.75. The predicted octanol–water partition coefficient (Wildman–Crippen LogP) is 2.53. The van der Waals surface area contributed by atoms with Gasteiger partial charge in [0.05, 0.1) is 23.9 Å². The Kier molecular flexibility index (Phi) is 4.58. The van der Waals surface area contributed by atoms with Crippen LogP contribution in [-0.2, 0) is 11.8 Å². The highest BCUT2D eigenvalue weighted by molar-refractivity contribution is 7.11. The third-order valence-corrected chi connectivity index (χ3v) is 4.96. The van der Waals surface area contributed by atoms with Gasteiger partial charge in [-0.05, 0) is 31.9 Å². The maximum absolute atomic E-state index is 9.91. The molecule has 1 aromatic carbocycles. The number of benzene rings is 1. The monoisotopic (exact) mass is 291 g/mol. The van der Waals surface area contributed by atoms with Gasteiger partial charge in [-0.25, -0.2) is 4.98 Å². The molecule has 0 amide bonds. The molecule has 20 heavy (non-hydrogen) atoms. The molecule has 0 fully saturated rings. The quantitative estimate of drug-likeness (QED) is 0.890. The summed E-state index contributed by atoms with van der Waals surface area (Å²) >= 11 is 1.64. The minimum atomic E-state index is -0.665. The summed E-state index contributed by atoms with van der Waals surface area (Å²) in [7, 11) is 0. The molecule has 0 aliphatic heterocycles. The number of aromatic nitrogens is 1. The molecule has 4 heteroatoms. The van der Waals surface area contributed by atoms with Crippen LogP contribution in [0.4, 0.5) is 0 Å². The summed E-state index contributed by atoms with van der Waals surface area (Å²) in [6.07, 6.45) is 0.560. The number of hydrogen-bond donors (Lipinski definition) is 2. The summed E-state index contributed by atoms with van der Waals surface area (Å²) in [5.41, 5.74) is 2.44. The van der Waals surface area contributed by atoms with Crippen molar-refractivity contribution >= 4 is 11.3 Å². The first-order valence-corrected chi connectivity index (χ1v) is 7.55. The second kappa shape index (κ2) is 6.04. The Bertz CT molecular complexity index is 568. The highest BCUT2D eigenvalue weighted by Gasteiger charge is 2.33. The topological polar surface area (TPSA) is 53.4 Å². The highest BCUT2D eigenvalue weighted by atomic mass is 32.1. The molecule has 0 saturated carbocycles. The lowest BCUT2D eigenvalue weighted by Gasteiger charge is -2.31. The summed E-state index contributed by atoms with van der Waals surface area (Å²) in [5, 5.41) is 20.8. The van der Waals surface area contributed by atoms with E-state index in [2.05, 4.69) is 4.98 Å². The molecule has 3 nitrogen and oxygen atoms in total. The van der Waals surface area contributed by atoms with Crippen molar-refractivity contribution < 1.29 is 10.2 Å². The number of thiazole rings is 1. The third-order valence-electron chi connectivity index (χ3n) is 3.88. The summed E-state index contributed by atoms with van der Waals surface area (Å²) < 4.78 is 0. The zero-order chi connectivity index (χ0) is 14.8. The zero-order valence-electron chi connectivity index (χ0n) is 12.2. The van der Waals surface area contributed by atoms with Crippen LogP contribution in [-0.4, -0.2) is 28.4 Å². The van der Waals surface area contributed by atoms with E-state index in [0.717, 1.165) is 21.8 Å². The molecule has 0 radical (unpaired) electrons. The Labute approximate surface area is 123 Å². The lowest BCUT2D eigenvalue weighted by atomic mass is 9.77. The van der Waals surface area contributed by atoms with E-state index in [-0.39, 0.29) is 13.2 Å². The molecular weight excluding hydrogens is 270 g/mol. The number of nitrogens with zero attached hydrogens (tertiary/aromatic N) is 1. The van der Waals surface area contributed by atoms with Crippen LogP contribution in [0.5, 0.6) is 0 Å². The summed E-state index contributed by atoms with van der Waals surface area (Å²) in [5.74, 6) is 0. The van der Waals surface area contributed by atoms with Gasteiger partial charge in [-0.2, -0.15) is 0 Å². The molecule has 0 bridgehead atoms. The molecule has 2 aromatic rings. The van der Waals surface area contributed by atoms with E-state index in [1.807, 2.05) is 45.0 Å². The first-order chi connectivity index (χ1) is 9.52. The molecule has 2 rings (SSSR count). The fraction of sp³-hybridized carbons (Fsp3) is 0.438. The Hall–Kier alpha value is -1.23. The second-order valence-electron chi connectivity index (χ2n) is 5.34. The standard InChI is InChI=1S/C16H21NO2S/c1-11-6-4-5-7-14(11)16(9-18,10-19)8-15-17-12(2)13(3)20-15/h4-7,18-19H,8-10H2,1-3H3. The number of rotatable bonds is 5. The van der Waals surface area contributed by atoms with Crippen molar-refractivity contribution in [3.8, 4) is 0 Å². The van der Waals surface area contributed by atoms with Crippen LogP contribution in [0.15, 0.2) is 24.3 Å². The zero-order valence-corrected chi connectivity index (χ0v) is 13.0. The van der Waals surface area contributed by atoms with Crippen LogP contribution in [0, 0.1) is 20.8 Å². The van der Waals surface area contributed by atoms with Crippen LogP contribution in [0.1, 0.15) is 26.7 Å². The van der Waals surface area contributed by atoms with Crippen molar-refractivity contribution in [3.63, 3.8) is 0 Å². The van der Waals surface area contributed by atoms with Crippen molar-refractivity contribution in [1.29, 1.82) is 0 Å². The molecule has 0 saturated heterocycles. The average molecular weight is 291 g/mol. The minimum absolute atomic E-state index is 0.0912. The van der Waals surface area contributed by atoms with Gasteiger partial charge in [-0.1, -0.05) is 24.3 Å². The van der Waals surface area contributed by atoms with Crippen molar-refractivity contribution in [3.05, 3.63) is 51.0 Å². The van der Waals surface area contributed by atoms with Crippen molar-refractivity contribution in [1.82, 2.24) is 4.98 Å². The first-order valence-electron chi connectivity index (χ1n) is 6.73. The lowest BCUT2D eigenvalue weighted by Crippen LogP contribution is -2.38. The van der Waals surface area contributed by atoms with Gasteiger partial charge in [0.2, 0.25) is 0 Å². The minimum Gasteiger partial charge on any atom is -0.395 e. The molecule has 1 heterocycles. The smallest absolute Gasteiger partial charge is 0.0941 e. The summed E-state index contributed by atoms with van der Waals surface area (Å²) in [6, 6.07) is 7.90. The van der Waals surface area contributed by atoms with Crippen LogP contribution in [0.25, 0.3) is 0 Å². The molecular formula is C16H21NO2S. The van der Waals surface area contributed by atoms with E-state index in [4.69, 9.17) is 0 Å². The van der Waals surface area contributed by atoms with Gasteiger partial charge in [0.15, 0.2) is 0 Å². The van der Waals surface area contributed by atoms with Gasteiger partial charge in [-0.15, -0.1) is 11.3 Å². The lowest BCUT2D eigenvalue weighted by molar-refractivity contribution is 0.115. The predicted molar refractivity (Wildman–Crippen MR) is 82.3 cm³/mol. The number of aryl methyl sites for hydroxylation is 3. The van der Waals surface area contributed by atoms with Gasteiger partial charge in [0, 0.05) is 16.7 Å². The molecule has 0 aliphatic rings. The molecule has 0 atom stereocenters. The fourth-order valence-corrected chi connectivity index (χ4v) is 3.58. The van der Waals surface area contributed by atoms with Crippen LogP contribution >= 0.6 is 11.3 Å². The van der Waals surface area contributed by atoms with Crippen LogP contribution < -0.4 is 0 Å². The van der Waals surface area contributed by atoms with E-state index < -0.39 is 5.41 Å². The van der Waals surface area contributed by atoms with Crippen LogP contribution in [0.2, 0.25) is 0 Å². The van der Waals surface area contributed by atoms with Crippen molar-refractivity contribution in [2.75, 3.05) is 13.2 Å². The summed E-state index contributed by atoms with van der Waals surface area (Å²) in [4.78, 5) is 5.73. The third kappa shape index (κ3) is 2.77. The maximum Gasteiger partial charge on any atom is 0.0941 e. The normalized spacial score (nSPS) is 11.8. The largest absolute Gasteiger partial charge is 0.395 e. The highest BCUT2D eigenvalue weighted by Crippen LogP contribution is 2.32. The second-order valence-corrected chi connectivity index (χ2v) is 6.63. The fourth-order valence-electron chi connectivity index (χ4n) is 2.50. The van der Waals surface area contributed by atoms with E-state index in [9.17, 15) is 10.2 Å². The van der Waals surface area contributed by atoms with Gasteiger partial charge >= 0.3 is 0 Å². The van der Waals surface area contributed by atoms with Gasteiger partial charge in [0.1, 0.15) is 0 Å². The van der Waals surface area contributed by atoms with Crippen LogP contribution in [0.3, 0.4) is 0 Å². The Morgan fingerprint density at radius 3 is 2.25 bits per heavy atom. The SMILES string of the molecule is Cc1ccccc1C(CO)(CO)Cc1nc(C)c(C)s1. The van der Waals surface area contributed by atoms with E-state index in [0.29, 0.717) is 6.42 Å². The maximum atomic E-state index is 9.91. The molecule has 0 spiro atoms. The first kappa shape index (κ1) is 15.2. The molecule has 2 N–H and O–H groups in total. The number of aliphatic hydroxyl groups excluding tert-OH is 2. The van der Waals surface area contributed by atoms with Gasteiger partial charge in [0.25, 0.3) is 0 Å². The van der Waals surface area contributed by atoms with Crippen molar-refractivity contribution in [2.24, 2.45) is 0 Å². The van der Waals surface area contributed by atoms with Gasteiger partial charge in [-0.3, -0.25) is 0 Å². The number of hydrogen-bond acceptors (Lipinski definition) is 4.